The standard InChI is InChI=1S/C17H15N3O2/c1-18-14-7-8-19-16-15(14)12(10-20-16)9-13(17(21)22)11-5-3-2-4-6-11/h2-10H,1H3,(H,21,22)(H2,18,19,20). The molecule has 5 heteroatoms. The van der Waals surface area contributed by atoms with Crippen molar-refractivity contribution in [3.63, 3.8) is 0 Å². The highest BCUT2D eigenvalue weighted by atomic mass is 16.4. The molecule has 110 valence electrons. The number of aromatic nitrogens is 2. The highest BCUT2D eigenvalue weighted by Crippen LogP contribution is 2.28. The number of benzene rings is 1. The van der Waals surface area contributed by atoms with Crippen molar-refractivity contribution in [2.45, 2.75) is 0 Å². The Morgan fingerprint density at radius 2 is 2.05 bits per heavy atom. The fraction of sp³-hybridized carbons (Fsp3) is 0.0588. The number of nitrogens with one attached hydrogen (secondary N) is 2. The lowest BCUT2D eigenvalue weighted by molar-refractivity contribution is -0.130. The van der Waals surface area contributed by atoms with Gasteiger partial charge < -0.3 is 15.4 Å². The predicted molar refractivity (Wildman–Crippen MR) is 87.6 cm³/mol. The minimum Gasteiger partial charge on any atom is -0.478 e. The fourth-order valence-electron chi connectivity index (χ4n) is 2.45. The van der Waals surface area contributed by atoms with Gasteiger partial charge in [-0.1, -0.05) is 30.3 Å². The molecule has 1 aromatic carbocycles. The van der Waals surface area contributed by atoms with E-state index >= 15 is 0 Å². The van der Waals surface area contributed by atoms with Crippen molar-refractivity contribution in [2.75, 3.05) is 12.4 Å². The monoisotopic (exact) mass is 293 g/mol. The second-order valence-corrected chi connectivity index (χ2v) is 4.81. The number of aliphatic carboxylic acids is 1. The Kier molecular flexibility index (Phi) is 3.62. The Hall–Kier alpha value is -3.08. The third kappa shape index (κ3) is 2.44. The molecule has 3 aromatic rings. The molecule has 0 bridgehead atoms. The van der Waals surface area contributed by atoms with Gasteiger partial charge in [0.2, 0.25) is 0 Å². The van der Waals surface area contributed by atoms with Gasteiger partial charge in [-0.3, -0.25) is 0 Å². The molecule has 2 heterocycles. The van der Waals surface area contributed by atoms with Gasteiger partial charge in [-0.15, -0.1) is 0 Å². The number of fused-ring (bicyclic) bond motifs is 1. The first-order valence-electron chi connectivity index (χ1n) is 6.85. The van der Waals surface area contributed by atoms with Gasteiger partial charge in [-0.05, 0) is 17.7 Å². The van der Waals surface area contributed by atoms with Crippen LogP contribution in [-0.2, 0) is 4.79 Å². The number of hydrogen-bond acceptors (Lipinski definition) is 3. The molecule has 0 radical (unpaired) electrons. The zero-order valence-corrected chi connectivity index (χ0v) is 12.0. The summed E-state index contributed by atoms with van der Waals surface area (Å²) < 4.78 is 0. The summed E-state index contributed by atoms with van der Waals surface area (Å²) in [7, 11) is 1.82. The highest BCUT2D eigenvalue weighted by molar-refractivity contribution is 6.21. The van der Waals surface area contributed by atoms with E-state index in [9.17, 15) is 9.90 Å². The smallest absolute Gasteiger partial charge is 0.336 e. The maximum atomic E-state index is 11.6. The number of carboxylic acids is 1. The molecule has 0 aliphatic heterocycles. The lowest BCUT2D eigenvalue weighted by atomic mass is 10.0. The molecule has 22 heavy (non-hydrogen) atoms. The molecule has 0 aliphatic carbocycles. The summed E-state index contributed by atoms with van der Waals surface area (Å²) in [6.45, 7) is 0. The van der Waals surface area contributed by atoms with E-state index in [2.05, 4.69) is 15.3 Å². The summed E-state index contributed by atoms with van der Waals surface area (Å²) in [6.07, 6.45) is 5.14. The molecule has 0 fully saturated rings. The summed E-state index contributed by atoms with van der Waals surface area (Å²) >= 11 is 0. The molecule has 0 amide bonds. The molecule has 3 N–H and O–H groups in total. The zero-order valence-electron chi connectivity index (χ0n) is 12.0. The van der Waals surface area contributed by atoms with E-state index in [0.717, 1.165) is 22.3 Å². The number of nitrogens with zero attached hydrogens (tertiary/aromatic N) is 1. The molecule has 5 nitrogen and oxygen atoms in total. The van der Waals surface area contributed by atoms with Crippen LogP contribution in [0.4, 0.5) is 5.69 Å². The number of pyridine rings is 1. The van der Waals surface area contributed by atoms with Crippen LogP contribution in [0.5, 0.6) is 0 Å². The second kappa shape index (κ2) is 5.73. The zero-order chi connectivity index (χ0) is 15.5. The second-order valence-electron chi connectivity index (χ2n) is 4.81. The molecule has 0 saturated carbocycles. The van der Waals surface area contributed by atoms with Gasteiger partial charge in [0.25, 0.3) is 0 Å². The lowest BCUT2D eigenvalue weighted by Gasteiger charge is -2.05. The van der Waals surface area contributed by atoms with E-state index in [-0.39, 0.29) is 5.57 Å². The molecule has 0 unspecified atom stereocenters. The van der Waals surface area contributed by atoms with E-state index in [0.29, 0.717) is 5.56 Å². The Bertz CT molecular complexity index is 851. The summed E-state index contributed by atoms with van der Waals surface area (Å²) in [6, 6.07) is 10.9. The lowest BCUT2D eigenvalue weighted by Crippen LogP contribution is -1.99. The van der Waals surface area contributed by atoms with Gasteiger partial charge in [-0.2, -0.15) is 0 Å². The van der Waals surface area contributed by atoms with Crippen LogP contribution >= 0.6 is 0 Å². The van der Waals surface area contributed by atoms with Crippen molar-refractivity contribution in [1.29, 1.82) is 0 Å². The van der Waals surface area contributed by atoms with Crippen LogP contribution in [0, 0.1) is 0 Å². The Labute approximate surface area is 127 Å². The van der Waals surface area contributed by atoms with E-state index < -0.39 is 5.97 Å². The quantitative estimate of drug-likeness (QED) is 0.645. The molecule has 0 atom stereocenters. The first kappa shape index (κ1) is 13.9. The molecule has 0 saturated heterocycles. The van der Waals surface area contributed by atoms with Crippen LogP contribution in [-0.4, -0.2) is 28.1 Å². The third-order valence-corrected chi connectivity index (χ3v) is 3.49. The largest absolute Gasteiger partial charge is 0.478 e. The molecule has 2 aromatic heterocycles. The molecule has 0 aliphatic rings. The fourth-order valence-corrected chi connectivity index (χ4v) is 2.45. The predicted octanol–water partition coefficient (Wildman–Crippen LogP) is 3.23. The maximum Gasteiger partial charge on any atom is 0.336 e. The Morgan fingerprint density at radius 1 is 1.27 bits per heavy atom. The van der Waals surface area contributed by atoms with Crippen LogP contribution < -0.4 is 5.32 Å². The minimum atomic E-state index is -0.963. The van der Waals surface area contributed by atoms with E-state index in [1.165, 1.54) is 0 Å². The van der Waals surface area contributed by atoms with E-state index in [1.807, 2.05) is 31.3 Å². The first-order valence-corrected chi connectivity index (χ1v) is 6.85. The molecular weight excluding hydrogens is 278 g/mol. The van der Waals surface area contributed by atoms with Gasteiger partial charge in [0.1, 0.15) is 5.65 Å². The van der Waals surface area contributed by atoms with Crippen LogP contribution in [0.3, 0.4) is 0 Å². The van der Waals surface area contributed by atoms with Crippen LogP contribution in [0.25, 0.3) is 22.7 Å². The summed E-state index contributed by atoms with van der Waals surface area (Å²) in [4.78, 5) is 18.9. The SMILES string of the molecule is CNc1ccnc2[nH]cc(C=C(C(=O)O)c3ccccc3)c12. The first-order chi connectivity index (χ1) is 10.7. The van der Waals surface area contributed by atoms with E-state index in [1.54, 1.807) is 30.6 Å². The summed E-state index contributed by atoms with van der Waals surface area (Å²) in [5, 5.41) is 13.5. The van der Waals surface area contributed by atoms with Crippen molar-refractivity contribution >= 4 is 34.3 Å². The number of carboxylic acid groups (broad SMARTS) is 1. The highest BCUT2D eigenvalue weighted by Gasteiger charge is 2.13. The maximum absolute atomic E-state index is 11.6. The Morgan fingerprint density at radius 3 is 2.73 bits per heavy atom. The number of aromatic amines is 1. The number of carbonyl (C=O) groups is 1. The number of rotatable bonds is 4. The van der Waals surface area contributed by atoms with Crippen LogP contribution in [0.1, 0.15) is 11.1 Å². The van der Waals surface area contributed by atoms with Crippen molar-refractivity contribution in [1.82, 2.24) is 9.97 Å². The number of anilines is 1. The third-order valence-electron chi connectivity index (χ3n) is 3.49. The number of H-pyrrole nitrogens is 1. The van der Waals surface area contributed by atoms with Crippen molar-refractivity contribution in [3.05, 3.63) is 59.9 Å². The van der Waals surface area contributed by atoms with Crippen molar-refractivity contribution in [3.8, 4) is 0 Å². The van der Waals surface area contributed by atoms with Gasteiger partial charge in [0.05, 0.1) is 5.57 Å². The molecule has 3 rings (SSSR count). The summed E-state index contributed by atoms with van der Waals surface area (Å²) in [5.74, 6) is -0.963. The molecule has 0 spiro atoms. The average molecular weight is 293 g/mol. The van der Waals surface area contributed by atoms with Gasteiger partial charge in [0.15, 0.2) is 0 Å². The van der Waals surface area contributed by atoms with Crippen LogP contribution in [0.2, 0.25) is 0 Å². The summed E-state index contributed by atoms with van der Waals surface area (Å²) in [5.41, 5.74) is 3.31. The number of hydrogen-bond donors (Lipinski definition) is 3. The normalized spacial score (nSPS) is 11.6. The minimum absolute atomic E-state index is 0.243. The van der Waals surface area contributed by atoms with Gasteiger partial charge in [-0.25, -0.2) is 9.78 Å². The van der Waals surface area contributed by atoms with Gasteiger partial charge in [0, 0.05) is 36.1 Å². The topological polar surface area (TPSA) is 78.0 Å². The Balaban J connectivity index is 2.19. The van der Waals surface area contributed by atoms with Crippen molar-refractivity contribution < 1.29 is 9.90 Å². The molecular formula is C17H15N3O2. The van der Waals surface area contributed by atoms with Gasteiger partial charge >= 0.3 is 5.97 Å². The van der Waals surface area contributed by atoms with E-state index in [4.69, 9.17) is 0 Å². The van der Waals surface area contributed by atoms with Crippen molar-refractivity contribution in [2.24, 2.45) is 0 Å². The van der Waals surface area contributed by atoms with Crippen LogP contribution in [0.15, 0.2) is 48.8 Å². The average Bonchev–Trinajstić information content (AvgIpc) is 2.96.